The van der Waals surface area contributed by atoms with E-state index < -0.39 is 0 Å². The maximum Gasteiger partial charge on any atom is 0.163 e. The Morgan fingerprint density at radius 2 is 1.95 bits per heavy atom. The summed E-state index contributed by atoms with van der Waals surface area (Å²) >= 11 is 0. The zero-order valence-electron chi connectivity index (χ0n) is 12.3. The Morgan fingerprint density at radius 3 is 2.57 bits per heavy atom. The quantitative estimate of drug-likeness (QED) is 0.880. The first-order chi connectivity index (χ1) is 10.2. The third kappa shape index (κ3) is 2.56. The maximum absolute atomic E-state index is 12.1. The lowest BCUT2D eigenvalue weighted by Crippen LogP contribution is -2.37. The van der Waals surface area contributed by atoms with Gasteiger partial charge < -0.3 is 14.6 Å². The molecule has 2 aromatic rings. The summed E-state index contributed by atoms with van der Waals surface area (Å²) in [6.07, 6.45) is 3.52. The molecule has 0 saturated carbocycles. The van der Waals surface area contributed by atoms with Crippen molar-refractivity contribution in [3.8, 4) is 11.3 Å². The molecule has 0 aliphatic carbocycles. The van der Waals surface area contributed by atoms with E-state index in [1.54, 1.807) is 19.3 Å². The molecule has 0 spiro atoms. The van der Waals surface area contributed by atoms with Gasteiger partial charge in [-0.25, -0.2) is 0 Å². The minimum atomic E-state index is 0.0885. The van der Waals surface area contributed by atoms with Crippen LogP contribution in [0.1, 0.15) is 22.8 Å². The van der Waals surface area contributed by atoms with E-state index >= 15 is 0 Å². The van der Waals surface area contributed by atoms with Gasteiger partial charge in [-0.1, -0.05) is 0 Å². The topological polar surface area (TPSA) is 58.2 Å². The van der Waals surface area contributed by atoms with Crippen molar-refractivity contribution in [2.45, 2.75) is 13.8 Å². The number of morpholine rings is 1. The molecule has 3 heterocycles. The van der Waals surface area contributed by atoms with Gasteiger partial charge in [0.2, 0.25) is 0 Å². The molecule has 0 unspecified atom stereocenters. The summed E-state index contributed by atoms with van der Waals surface area (Å²) in [5.74, 6) is 1.00. The number of aromatic nitrogens is 2. The molecule has 2 aromatic heterocycles. The number of carbonyl (C=O) groups is 1. The first-order valence-electron chi connectivity index (χ1n) is 7.15. The van der Waals surface area contributed by atoms with E-state index in [9.17, 15) is 4.79 Å². The minimum Gasteiger partial charge on any atom is -0.378 e. The van der Waals surface area contributed by atoms with Gasteiger partial charge in [-0.15, -0.1) is 0 Å². The van der Waals surface area contributed by atoms with Crippen LogP contribution in [0.4, 0.5) is 5.82 Å². The highest BCUT2D eigenvalue weighted by Crippen LogP contribution is 2.33. The van der Waals surface area contributed by atoms with Gasteiger partial charge in [0.05, 0.1) is 24.5 Å². The molecule has 0 atom stereocenters. The predicted molar refractivity (Wildman–Crippen MR) is 81.8 cm³/mol. The van der Waals surface area contributed by atoms with Crippen LogP contribution in [0.3, 0.4) is 0 Å². The number of hydrogen-bond donors (Lipinski definition) is 1. The van der Waals surface area contributed by atoms with Gasteiger partial charge in [-0.05, 0) is 31.5 Å². The number of H-pyrrole nitrogens is 1. The largest absolute Gasteiger partial charge is 0.378 e. The van der Waals surface area contributed by atoms with Crippen LogP contribution in [0.25, 0.3) is 11.3 Å². The standard InChI is InChI=1S/C16H19N3O2/c1-11-14(12(2)20)16(19-7-9-21-10-8-19)18-15(11)13-3-5-17-6-4-13/h3-6,18H,7-10H2,1-2H3. The SMILES string of the molecule is CC(=O)c1c(N2CCOCC2)[nH]c(-c2ccncc2)c1C. The third-order valence-corrected chi connectivity index (χ3v) is 3.88. The molecule has 0 aromatic carbocycles. The van der Waals surface area contributed by atoms with Crippen LogP contribution in [0.2, 0.25) is 0 Å². The number of carbonyl (C=O) groups excluding carboxylic acids is 1. The zero-order chi connectivity index (χ0) is 14.8. The summed E-state index contributed by atoms with van der Waals surface area (Å²) < 4.78 is 5.39. The number of pyridine rings is 1. The van der Waals surface area contributed by atoms with Gasteiger partial charge in [0.25, 0.3) is 0 Å². The number of hydrogen-bond acceptors (Lipinski definition) is 4. The lowest BCUT2D eigenvalue weighted by atomic mass is 10.0. The van der Waals surface area contributed by atoms with Crippen LogP contribution >= 0.6 is 0 Å². The van der Waals surface area contributed by atoms with Gasteiger partial charge in [0.1, 0.15) is 5.82 Å². The summed E-state index contributed by atoms with van der Waals surface area (Å²) in [5.41, 5.74) is 3.81. The van der Waals surface area contributed by atoms with Crippen molar-refractivity contribution < 1.29 is 9.53 Å². The van der Waals surface area contributed by atoms with Crippen molar-refractivity contribution in [2.75, 3.05) is 31.2 Å². The lowest BCUT2D eigenvalue weighted by molar-refractivity contribution is 0.101. The second-order valence-electron chi connectivity index (χ2n) is 5.24. The zero-order valence-corrected chi connectivity index (χ0v) is 12.3. The molecule has 21 heavy (non-hydrogen) atoms. The Labute approximate surface area is 124 Å². The van der Waals surface area contributed by atoms with Gasteiger partial charge in [-0.3, -0.25) is 9.78 Å². The average Bonchev–Trinajstić information content (AvgIpc) is 2.87. The van der Waals surface area contributed by atoms with Crippen molar-refractivity contribution in [3.63, 3.8) is 0 Å². The van der Waals surface area contributed by atoms with Crippen molar-refractivity contribution in [3.05, 3.63) is 35.7 Å². The summed E-state index contributed by atoms with van der Waals surface area (Å²) in [4.78, 5) is 21.8. The highest BCUT2D eigenvalue weighted by molar-refractivity contribution is 6.02. The molecule has 110 valence electrons. The van der Waals surface area contributed by atoms with Gasteiger partial charge >= 0.3 is 0 Å². The van der Waals surface area contributed by atoms with Gasteiger partial charge in [-0.2, -0.15) is 0 Å². The normalized spacial score (nSPS) is 15.2. The third-order valence-electron chi connectivity index (χ3n) is 3.88. The van der Waals surface area contributed by atoms with E-state index in [0.29, 0.717) is 13.2 Å². The number of nitrogens with one attached hydrogen (secondary N) is 1. The van der Waals surface area contributed by atoms with Crippen molar-refractivity contribution in [1.82, 2.24) is 9.97 Å². The number of aromatic amines is 1. The number of rotatable bonds is 3. The Kier molecular flexibility index (Phi) is 3.75. The molecule has 1 aliphatic rings. The number of ketones is 1. The number of Topliss-reactive ketones (excluding diaryl/α,β-unsaturated/α-hetero) is 1. The van der Waals surface area contributed by atoms with Crippen molar-refractivity contribution in [2.24, 2.45) is 0 Å². The second-order valence-corrected chi connectivity index (χ2v) is 5.24. The molecule has 5 nitrogen and oxygen atoms in total. The van der Waals surface area contributed by atoms with Crippen molar-refractivity contribution >= 4 is 11.6 Å². The molecule has 5 heteroatoms. The number of ether oxygens (including phenoxy) is 1. The summed E-state index contributed by atoms with van der Waals surface area (Å²) in [7, 11) is 0. The fourth-order valence-electron chi connectivity index (χ4n) is 2.84. The molecule has 0 bridgehead atoms. The van der Waals surface area contributed by atoms with E-state index in [-0.39, 0.29) is 5.78 Å². The van der Waals surface area contributed by atoms with E-state index in [0.717, 1.165) is 41.3 Å². The minimum absolute atomic E-state index is 0.0885. The van der Waals surface area contributed by atoms with Gasteiger partial charge in [0.15, 0.2) is 5.78 Å². The fourth-order valence-corrected chi connectivity index (χ4v) is 2.84. The molecule has 1 fully saturated rings. The number of nitrogens with zero attached hydrogens (tertiary/aromatic N) is 2. The van der Waals surface area contributed by atoms with Crippen molar-refractivity contribution in [1.29, 1.82) is 0 Å². The van der Waals surface area contributed by atoms with Gasteiger partial charge in [0, 0.05) is 31.0 Å². The second kappa shape index (κ2) is 5.69. The van der Waals surface area contributed by atoms with Crippen LogP contribution < -0.4 is 4.90 Å². The van der Waals surface area contributed by atoms with Crippen LogP contribution in [0.15, 0.2) is 24.5 Å². The fraction of sp³-hybridized carbons (Fsp3) is 0.375. The molecule has 0 radical (unpaired) electrons. The Bertz CT molecular complexity index is 643. The van der Waals surface area contributed by atoms with Crippen LogP contribution in [0, 0.1) is 6.92 Å². The Morgan fingerprint density at radius 1 is 1.29 bits per heavy atom. The molecule has 3 rings (SSSR count). The summed E-state index contributed by atoms with van der Waals surface area (Å²) in [5, 5.41) is 0. The van der Waals surface area contributed by atoms with E-state index in [2.05, 4.69) is 14.9 Å². The predicted octanol–water partition coefficient (Wildman–Crippen LogP) is 2.42. The highest BCUT2D eigenvalue weighted by Gasteiger charge is 2.23. The molecule has 1 saturated heterocycles. The Hall–Kier alpha value is -2.14. The smallest absolute Gasteiger partial charge is 0.163 e. The average molecular weight is 285 g/mol. The summed E-state index contributed by atoms with van der Waals surface area (Å²) in [6.45, 7) is 6.61. The monoisotopic (exact) mass is 285 g/mol. The van der Waals surface area contributed by atoms with E-state index in [4.69, 9.17) is 4.74 Å². The first-order valence-corrected chi connectivity index (χ1v) is 7.15. The van der Waals surface area contributed by atoms with Crippen LogP contribution in [-0.2, 0) is 4.74 Å². The summed E-state index contributed by atoms with van der Waals surface area (Å²) in [6, 6.07) is 3.90. The maximum atomic E-state index is 12.1. The van der Waals surface area contributed by atoms with E-state index in [1.807, 2.05) is 19.1 Å². The van der Waals surface area contributed by atoms with Crippen LogP contribution in [0.5, 0.6) is 0 Å². The van der Waals surface area contributed by atoms with E-state index in [1.165, 1.54) is 0 Å². The highest BCUT2D eigenvalue weighted by atomic mass is 16.5. The molecule has 0 amide bonds. The lowest BCUT2D eigenvalue weighted by Gasteiger charge is -2.28. The Balaban J connectivity index is 2.09. The first kappa shape index (κ1) is 13.8. The molecular formula is C16H19N3O2. The number of anilines is 1. The van der Waals surface area contributed by atoms with Crippen LogP contribution in [-0.4, -0.2) is 42.1 Å². The molecular weight excluding hydrogens is 266 g/mol. The molecule has 1 aliphatic heterocycles. The molecule has 1 N–H and O–H groups in total.